The molecule has 0 spiro atoms. The van der Waals surface area contributed by atoms with E-state index in [4.69, 9.17) is 33.5 Å². The lowest BCUT2D eigenvalue weighted by atomic mass is 10.0. The van der Waals surface area contributed by atoms with Crippen LogP contribution in [0.2, 0.25) is 10.0 Å². The standard InChI is InChI=1S/C15H12Cl2N4O/c16-9-5-12(11-3-1-2-4-13(11)17)15-14(6-9)22-8-10(20-15)7-19-21-18/h1-6,10,20H,7-8H2. The van der Waals surface area contributed by atoms with Gasteiger partial charge < -0.3 is 10.1 Å². The summed E-state index contributed by atoms with van der Waals surface area (Å²) in [7, 11) is 0. The number of rotatable bonds is 3. The normalized spacial score (nSPS) is 16.0. The molecule has 1 aliphatic heterocycles. The number of benzene rings is 2. The lowest BCUT2D eigenvalue weighted by Crippen LogP contribution is -2.34. The van der Waals surface area contributed by atoms with Gasteiger partial charge in [-0.25, -0.2) is 0 Å². The zero-order chi connectivity index (χ0) is 15.5. The smallest absolute Gasteiger partial charge is 0.144 e. The molecule has 0 amide bonds. The fourth-order valence-corrected chi connectivity index (χ4v) is 2.85. The number of anilines is 1. The van der Waals surface area contributed by atoms with E-state index in [1.54, 1.807) is 6.07 Å². The minimum Gasteiger partial charge on any atom is -0.489 e. The highest BCUT2D eigenvalue weighted by Crippen LogP contribution is 2.43. The van der Waals surface area contributed by atoms with Crippen LogP contribution < -0.4 is 10.1 Å². The van der Waals surface area contributed by atoms with Gasteiger partial charge in [-0.05, 0) is 17.7 Å². The summed E-state index contributed by atoms with van der Waals surface area (Å²) in [6.45, 7) is 0.717. The zero-order valence-electron chi connectivity index (χ0n) is 11.5. The van der Waals surface area contributed by atoms with Gasteiger partial charge in [0.15, 0.2) is 0 Å². The Morgan fingerprint density at radius 3 is 2.86 bits per heavy atom. The quantitative estimate of drug-likeness (QED) is 0.479. The third-order valence-electron chi connectivity index (χ3n) is 3.38. The highest BCUT2D eigenvalue weighted by atomic mass is 35.5. The minimum absolute atomic E-state index is 0.0918. The van der Waals surface area contributed by atoms with Gasteiger partial charge in [0.25, 0.3) is 0 Å². The molecule has 7 heteroatoms. The topological polar surface area (TPSA) is 70.0 Å². The average molecular weight is 335 g/mol. The first-order valence-electron chi connectivity index (χ1n) is 6.67. The van der Waals surface area contributed by atoms with Crippen molar-refractivity contribution in [3.05, 3.63) is 56.9 Å². The molecular weight excluding hydrogens is 323 g/mol. The summed E-state index contributed by atoms with van der Waals surface area (Å²) >= 11 is 12.5. The Labute approximate surface area is 137 Å². The van der Waals surface area contributed by atoms with Gasteiger partial charge in [0.05, 0.1) is 11.7 Å². The second kappa shape index (κ2) is 6.36. The Hall–Kier alpha value is -2.07. The number of azide groups is 1. The van der Waals surface area contributed by atoms with Gasteiger partial charge in [0, 0.05) is 38.7 Å². The third kappa shape index (κ3) is 2.92. The summed E-state index contributed by atoms with van der Waals surface area (Å²) in [5.74, 6) is 0.666. The van der Waals surface area contributed by atoms with Crippen LogP contribution in [0.25, 0.3) is 21.6 Å². The number of nitrogens with zero attached hydrogens (tertiary/aromatic N) is 3. The molecule has 3 rings (SSSR count). The van der Waals surface area contributed by atoms with Crippen LogP contribution in [0.1, 0.15) is 0 Å². The van der Waals surface area contributed by atoms with E-state index in [-0.39, 0.29) is 6.04 Å². The predicted octanol–water partition coefficient (Wildman–Crippen LogP) is 5.14. The largest absolute Gasteiger partial charge is 0.489 e. The highest BCUT2D eigenvalue weighted by Gasteiger charge is 2.23. The Balaban J connectivity index is 2.07. The summed E-state index contributed by atoms with van der Waals surface area (Å²) < 4.78 is 5.74. The molecule has 2 aromatic carbocycles. The first-order valence-corrected chi connectivity index (χ1v) is 7.43. The van der Waals surface area contributed by atoms with E-state index < -0.39 is 0 Å². The molecule has 5 nitrogen and oxygen atoms in total. The van der Waals surface area contributed by atoms with E-state index in [1.165, 1.54) is 0 Å². The first-order chi connectivity index (χ1) is 10.7. The number of fused-ring (bicyclic) bond motifs is 1. The molecule has 0 fully saturated rings. The molecule has 0 bridgehead atoms. The van der Waals surface area contributed by atoms with Crippen molar-refractivity contribution >= 4 is 28.9 Å². The van der Waals surface area contributed by atoms with Crippen molar-refractivity contribution in [2.45, 2.75) is 6.04 Å². The van der Waals surface area contributed by atoms with Crippen LogP contribution in [0.4, 0.5) is 5.69 Å². The van der Waals surface area contributed by atoms with Crippen molar-refractivity contribution in [2.24, 2.45) is 5.11 Å². The van der Waals surface area contributed by atoms with Crippen LogP contribution in [0.15, 0.2) is 41.5 Å². The SMILES string of the molecule is [N-]=[N+]=NCC1COc2cc(Cl)cc(-c3ccccc3Cl)c2N1. The second-order valence-electron chi connectivity index (χ2n) is 4.87. The molecule has 1 heterocycles. The average Bonchev–Trinajstić information content (AvgIpc) is 2.53. The van der Waals surface area contributed by atoms with Crippen molar-refractivity contribution in [3.63, 3.8) is 0 Å². The maximum absolute atomic E-state index is 8.45. The van der Waals surface area contributed by atoms with E-state index >= 15 is 0 Å². The molecule has 2 aromatic rings. The molecule has 1 atom stereocenters. The van der Waals surface area contributed by atoms with Crippen LogP contribution >= 0.6 is 23.2 Å². The highest BCUT2D eigenvalue weighted by molar-refractivity contribution is 6.34. The van der Waals surface area contributed by atoms with Gasteiger partial charge in [-0.3, -0.25) is 0 Å². The van der Waals surface area contributed by atoms with Gasteiger partial charge in [-0.15, -0.1) is 0 Å². The van der Waals surface area contributed by atoms with Crippen LogP contribution in [-0.2, 0) is 0 Å². The number of halogens is 2. The van der Waals surface area contributed by atoms with Crippen LogP contribution in [0.3, 0.4) is 0 Å². The van der Waals surface area contributed by atoms with Gasteiger partial charge in [0.2, 0.25) is 0 Å². The summed E-state index contributed by atoms with van der Waals surface area (Å²) in [6.07, 6.45) is 0. The summed E-state index contributed by atoms with van der Waals surface area (Å²) in [4.78, 5) is 2.78. The molecule has 1 N–H and O–H groups in total. The third-order valence-corrected chi connectivity index (χ3v) is 3.93. The lowest BCUT2D eigenvalue weighted by Gasteiger charge is -2.29. The zero-order valence-corrected chi connectivity index (χ0v) is 13.0. The fourth-order valence-electron chi connectivity index (χ4n) is 2.41. The molecule has 0 saturated carbocycles. The van der Waals surface area contributed by atoms with E-state index in [1.807, 2.05) is 30.3 Å². The van der Waals surface area contributed by atoms with Crippen LogP contribution in [0.5, 0.6) is 5.75 Å². The van der Waals surface area contributed by atoms with E-state index in [2.05, 4.69) is 15.3 Å². The van der Waals surface area contributed by atoms with Gasteiger partial charge in [0.1, 0.15) is 12.4 Å². The lowest BCUT2D eigenvalue weighted by molar-refractivity contribution is 0.287. The molecule has 0 radical (unpaired) electrons. The molecule has 22 heavy (non-hydrogen) atoms. The van der Waals surface area contributed by atoms with Crippen molar-refractivity contribution in [1.29, 1.82) is 0 Å². The number of nitrogens with one attached hydrogen (secondary N) is 1. The maximum Gasteiger partial charge on any atom is 0.144 e. The number of ether oxygens (including phenoxy) is 1. The van der Waals surface area contributed by atoms with Gasteiger partial charge in [-0.1, -0.05) is 46.5 Å². The van der Waals surface area contributed by atoms with E-state index in [0.29, 0.717) is 28.9 Å². The first kappa shape index (κ1) is 14.9. The van der Waals surface area contributed by atoms with E-state index in [0.717, 1.165) is 16.8 Å². The summed E-state index contributed by atoms with van der Waals surface area (Å²) in [5, 5.41) is 8.14. The van der Waals surface area contributed by atoms with Crippen LogP contribution in [-0.4, -0.2) is 19.2 Å². The summed E-state index contributed by atoms with van der Waals surface area (Å²) in [6, 6.07) is 11.0. The molecule has 0 aromatic heterocycles. The van der Waals surface area contributed by atoms with Crippen LogP contribution in [0, 0.1) is 0 Å². The van der Waals surface area contributed by atoms with Gasteiger partial charge in [-0.2, -0.15) is 0 Å². The Bertz CT molecular complexity index is 759. The molecule has 1 aliphatic rings. The Kier molecular flexibility index (Phi) is 4.29. The molecule has 0 aliphatic carbocycles. The monoisotopic (exact) mass is 334 g/mol. The molecule has 0 saturated heterocycles. The second-order valence-corrected chi connectivity index (χ2v) is 5.72. The van der Waals surface area contributed by atoms with Crippen molar-refractivity contribution in [3.8, 4) is 16.9 Å². The minimum atomic E-state index is -0.0918. The molecule has 1 unspecified atom stereocenters. The molecule has 112 valence electrons. The Morgan fingerprint density at radius 2 is 2.09 bits per heavy atom. The maximum atomic E-state index is 8.45. The number of hydrogen-bond donors (Lipinski definition) is 1. The molecular formula is C15H12Cl2N4O. The number of hydrogen-bond acceptors (Lipinski definition) is 3. The summed E-state index contributed by atoms with van der Waals surface area (Å²) in [5.41, 5.74) is 11.0. The Morgan fingerprint density at radius 1 is 1.27 bits per heavy atom. The fraction of sp³-hybridized carbons (Fsp3) is 0.200. The van der Waals surface area contributed by atoms with Gasteiger partial charge >= 0.3 is 0 Å². The predicted molar refractivity (Wildman–Crippen MR) is 88.8 cm³/mol. The van der Waals surface area contributed by atoms with Crippen molar-refractivity contribution in [2.75, 3.05) is 18.5 Å². The van der Waals surface area contributed by atoms with Crippen molar-refractivity contribution in [1.82, 2.24) is 0 Å². The van der Waals surface area contributed by atoms with Crippen molar-refractivity contribution < 1.29 is 4.74 Å². The van der Waals surface area contributed by atoms with E-state index in [9.17, 15) is 0 Å².